The van der Waals surface area contributed by atoms with E-state index in [2.05, 4.69) is 32.6 Å². The third-order valence-corrected chi connectivity index (χ3v) is 5.19. The van der Waals surface area contributed by atoms with Crippen LogP contribution >= 0.6 is 0 Å². The highest BCUT2D eigenvalue weighted by Gasteiger charge is 2.26. The van der Waals surface area contributed by atoms with Gasteiger partial charge in [0.25, 0.3) is 0 Å². The predicted molar refractivity (Wildman–Crippen MR) is 106 cm³/mol. The molecule has 0 heterocycles. The van der Waals surface area contributed by atoms with Crippen molar-refractivity contribution in [3.8, 4) is 5.75 Å². The quantitative estimate of drug-likeness (QED) is 0.459. The van der Waals surface area contributed by atoms with Crippen molar-refractivity contribution in [1.29, 1.82) is 0 Å². The minimum atomic E-state index is -0.314. The Bertz CT molecular complexity index is 716. The fourth-order valence-electron chi connectivity index (χ4n) is 3.59. The first kappa shape index (κ1) is 19.8. The van der Waals surface area contributed by atoms with Crippen LogP contribution in [0.4, 0.5) is 0 Å². The number of esters is 1. The smallest absolute Gasteiger partial charge is 0.337 e. The van der Waals surface area contributed by atoms with Crippen LogP contribution in [0.3, 0.4) is 0 Å². The normalized spacial score (nSPS) is 14.2. The molecule has 0 bridgehead atoms. The first-order valence-corrected chi connectivity index (χ1v) is 9.00. The summed E-state index contributed by atoms with van der Waals surface area (Å²) in [5, 5.41) is 0. The third kappa shape index (κ3) is 4.34. The number of ether oxygens (including phenoxy) is 2. The molecule has 0 aliphatic rings. The topological polar surface area (TPSA) is 35.5 Å². The molecule has 0 aliphatic heterocycles. The van der Waals surface area contributed by atoms with Gasteiger partial charge in [0.05, 0.1) is 19.8 Å². The lowest BCUT2D eigenvalue weighted by atomic mass is 9.74. The molecule has 3 heteroatoms. The summed E-state index contributed by atoms with van der Waals surface area (Å²) in [7, 11) is 3.07. The van der Waals surface area contributed by atoms with Crippen molar-refractivity contribution < 1.29 is 14.3 Å². The van der Waals surface area contributed by atoms with Crippen molar-refractivity contribution in [1.82, 2.24) is 0 Å². The number of carbonyl (C=O) groups is 1. The second kappa shape index (κ2) is 9.23. The highest BCUT2D eigenvalue weighted by molar-refractivity contribution is 5.89. The second-order valence-electron chi connectivity index (χ2n) is 6.51. The van der Waals surface area contributed by atoms with Crippen LogP contribution < -0.4 is 4.74 Å². The van der Waals surface area contributed by atoms with Crippen molar-refractivity contribution in [2.45, 2.75) is 32.1 Å². The second-order valence-corrected chi connectivity index (χ2v) is 6.51. The van der Waals surface area contributed by atoms with Gasteiger partial charge in [-0.2, -0.15) is 0 Å². The number of rotatable bonds is 8. The number of carbonyl (C=O) groups excluding carboxylic acids is 1. The fraction of sp³-hybridized carbons (Fsp3) is 0.348. The van der Waals surface area contributed by atoms with Gasteiger partial charge in [0.15, 0.2) is 0 Å². The molecule has 0 saturated heterocycles. The maximum Gasteiger partial charge on any atom is 0.337 e. The molecule has 138 valence electrons. The summed E-state index contributed by atoms with van der Waals surface area (Å²) < 4.78 is 10.0. The van der Waals surface area contributed by atoms with Crippen LogP contribution in [0.1, 0.15) is 53.6 Å². The summed E-state index contributed by atoms with van der Waals surface area (Å²) in [5.74, 6) is 1.54. The van der Waals surface area contributed by atoms with Crippen molar-refractivity contribution in [3.63, 3.8) is 0 Å². The van der Waals surface area contributed by atoms with E-state index >= 15 is 0 Å². The number of hydrogen-bond acceptors (Lipinski definition) is 3. The Morgan fingerprint density at radius 2 is 1.62 bits per heavy atom. The lowest BCUT2D eigenvalue weighted by molar-refractivity contribution is 0.0600. The molecule has 26 heavy (non-hydrogen) atoms. The zero-order chi connectivity index (χ0) is 19.1. The van der Waals surface area contributed by atoms with Crippen LogP contribution in [0, 0.1) is 5.92 Å². The average molecular weight is 352 g/mol. The van der Waals surface area contributed by atoms with E-state index in [1.165, 1.54) is 18.2 Å². The summed E-state index contributed by atoms with van der Waals surface area (Å²) in [4.78, 5) is 11.6. The van der Waals surface area contributed by atoms with Gasteiger partial charge in [-0.15, -0.1) is 6.58 Å². The molecule has 3 atom stereocenters. The molecular formula is C23H28O3. The van der Waals surface area contributed by atoms with Crippen LogP contribution in [0.5, 0.6) is 5.75 Å². The van der Waals surface area contributed by atoms with Gasteiger partial charge in [0.1, 0.15) is 5.75 Å². The zero-order valence-electron chi connectivity index (χ0n) is 16.1. The maximum absolute atomic E-state index is 11.6. The number of hydrogen-bond donors (Lipinski definition) is 0. The maximum atomic E-state index is 11.6. The molecule has 0 saturated carbocycles. The summed E-state index contributed by atoms with van der Waals surface area (Å²) in [6.07, 6.45) is 3.05. The number of methoxy groups -OCH3 is 2. The lowest BCUT2D eigenvalue weighted by Crippen LogP contribution is -2.17. The highest BCUT2D eigenvalue weighted by Crippen LogP contribution is 2.39. The Kier molecular flexibility index (Phi) is 7.02. The van der Waals surface area contributed by atoms with Gasteiger partial charge >= 0.3 is 5.97 Å². The van der Waals surface area contributed by atoms with Crippen LogP contribution in [-0.2, 0) is 4.74 Å². The average Bonchev–Trinajstić information content (AvgIpc) is 2.71. The lowest BCUT2D eigenvalue weighted by Gasteiger charge is -2.30. The van der Waals surface area contributed by atoms with Gasteiger partial charge in [0, 0.05) is 5.92 Å². The van der Waals surface area contributed by atoms with Crippen LogP contribution in [0.15, 0.2) is 61.2 Å². The summed E-state index contributed by atoms with van der Waals surface area (Å²) >= 11 is 0. The minimum Gasteiger partial charge on any atom is -0.497 e. The van der Waals surface area contributed by atoms with E-state index in [1.807, 2.05) is 42.5 Å². The molecule has 3 unspecified atom stereocenters. The first-order valence-electron chi connectivity index (χ1n) is 9.00. The van der Waals surface area contributed by atoms with E-state index < -0.39 is 0 Å². The SMILES string of the molecule is C=CC(c1ccc(C(=O)OC)cc1)C(CC)C(C)c1ccc(OC)cc1. The first-order chi connectivity index (χ1) is 12.5. The van der Waals surface area contributed by atoms with Gasteiger partial charge in [-0.1, -0.05) is 50.6 Å². The largest absolute Gasteiger partial charge is 0.497 e. The standard InChI is InChI=1S/C23H28O3/c1-6-21(16(3)17-12-14-20(25-4)15-13-17)22(7-2)18-8-10-19(11-9-18)23(24)26-5/h7-16,21-22H,2,6H2,1,3-5H3. The Hall–Kier alpha value is -2.55. The summed E-state index contributed by atoms with van der Waals surface area (Å²) in [5.41, 5.74) is 3.02. The summed E-state index contributed by atoms with van der Waals surface area (Å²) in [6, 6.07) is 15.9. The van der Waals surface area contributed by atoms with E-state index in [0.29, 0.717) is 17.4 Å². The van der Waals surface area contributed by atoms with Crippen LogP contribution in [-0.4, -0.2) is 20.2 Å². The molecule has 2 aromatic carbocycles. The summed E-state index contributed by atoms with van der Waals surface area (Å²) in [6.45, 7) is 8.54. The minimum absolute atomic E-state index is 0.212. The van der Waals surface area contributed by atoms with Crippen molar-refractivity contribution in [3.05, 3.63) is 77.9 Å². The van der Waals surface area contributed by atoms with Gasteiger partial charge in [-0.3, -0.25) is 0 Å². The third-order valence-electron chi connectivity index (χ3n) is 5.19. The van der Waals surface area contributed by atoms with E-state index in [-0.39, 0.29) is 11.9 Å². The molecular weight excluding hydrogens is 324 g/mol. The Morgan fingerprint density at radius 1 is 1.04 bits per heavy atom. The molecule has 0 aromatic heterocycles. The molecule has 0 spiro atoms. The predicted octanol–water partition coefficient (Wildman–Crippen LogP) is 5.58. The van der Waals surface area contributed by atoms with Crippen LogP contribution in [0.25, 0.3) is 0 Å². The molecule has 0 N–H and O–H groups in total. The highest BCUT2D eigenvalue weighted by atomic mass is 16.5. The number of allylic oxidation sites excluding steroid dienone is 1. The molecule has 0 fully saturated rings. The molecule has 2 aromatic rings. The molecule has 0 amide bonds. The van der Waals surface area contributed by atoms with Gasteiger partial charge in [-0.05, 0) is 47.2 Å². The molecule has 2 rings (SSSR count). The van der Waals surface area contributed by atoms with Gasteiger partial charge < -0.3 is 9.47 Å². The van der Waals surface area contributed by atoms with E-state index in [0.717, 1.165) is 12.2 Å². The van der Waals surface area contributed by atoms with Gasteiger partial charge in [-0.25, -0.2) is 4.79 Å². The Balaban J connectivity index is 2.26. The number of benzene rings is 2. The fourth-order valence-corrected chi connectivity index (χ4v) is 3.59. The monoisotopic (exact) mass is 352 g/mol. The van der Waals surface area contributed by atoms with Crippen molar-refractivity contribution in [2.24, 2.45) is 5.92 Å². The van der Waals surface area contributed by atoms with Gasteiger partial charge in [0.2, 0.25) is 0 Å². The Morgan fingerprint density at radius 3 is 2.08 bits per heavy atom. The molecule has 0 aliphatic carbocycles. The van der Waals surface area contributed by atoms with E-state index in [1.54, 1.807) is 7.11 Å². The molecule has 0 radical (unpaired) electrons. The Labute approximate surface area is 156 Å². The van der Waals surface area contributed by atoms with Crippen LogP contribution in [0.2, 0.25) is 0 Å². The van der Waals surface area contributed by atoms with Crippen molar-refractivity contribution in [2.75, 3.05) is 14.2 Å². The molecule has 3 nitrogen and oxygen atoms in total. The van der Waals surface area contributed by atoms with Crippen molar-refractivity contribution >= 4 is 5.97 Å². The zero-order valence-corrected chi connectivity index (χ0v) is 16.1. The van der Waals surface area contributed by atoms with E-state index in [4.69, 9.17) is 9.47 Å². The van der Waals surface area contributed by atoms with E-state index in [9.17, 15) is 4.79 Å².